The Morgan fingerprint density at radius 3 is 2.34 bits per heavy atom. The van der Waals surface area contributed by atoms with Crippen LogP contribution in [0.4, 0.5) is 4.79 Å². The van der Waals surface area contributed by atoms with Gasteiger partial charge in [-0.1, -0.05) is 24.4 Å². The van der Waals surface area contributed by atoms with Crippen LogP contribution >= 0.6 is 0 Å². The van der Waals surface area contributed by atoms with Crippen molar-refractivity contribution < 1.29 is 23.6 Å². The molecule has 4 rings (SSSR count). The van der Waals surface area contributed by atoms with Gasteiger partial charge >= 0.3 is 6.03 Å². The number of hydrogen-bond donors (Lipinski definition) is 2. The molecule has 1 aliphatic carbocycles. The molecule has 0 spiro atoms. The summed E-state index contributed by atoms with van der Waals surface area (Å²) >= 11 is 0. The van der Waals surface area contributed by atoms with Crippen LogP contribution in [0.25, 0.3) is 0 Å². The number of likely N-dealkylation sites (tertiary alicyclic amines) is 1. The molecule has 2 aromatic rings. The second-order valence-corrected chi connectivity index (χ2v) is 9.48. The van der Waals surface area contributed by atoms with E-state index in [1.165, 1.54) is 19.3 Å². The Hall–Kier alpha value is -3.23. The number of nitrogens with one attached hydrogen (secondary N) is 2. The maximum absolute atomic E-state index is 13.1. The Balaban J connectivity index is 1.28. The van der Waals surface area contributed by atoms with E-state index in [1.54, 1.807) is 25.3 Å². The summed E-state index contributed by atoms with van der Waals surface area (Å²) in [5.41, 5.74) is 2.24. The highest BCUT2D eigenvalue weighted by molar-refractivity contribution is 5.95. The molecule has 0 unspecified atom stereocenters. The van der Waals surface area contributed by atoms with Gasteiger partial charge in [0.2, 0.25) is 0 Å². The highest BCUT2D eigenvalue weighted by Crippen LogP contribution is 2.30. The maximum atomic E-state index is 13.1. The quantitative estimate of drug-likeness (QED) is 0.613. The Morgan fingerprint density at radius 1 is 1.03 bits per heavy atom. The van der Waals surface area contributed by atoms with E-state index in [0.29, 0.717) is 36.8 Å². The lowest BCUT2D eigenvalue weighted by atomic mass is 9.96. The topological polar surface area (TPSA) is 106 Å². The van der Waals surface area contributed by atoms with Gasteiger partial charge in [-0.15, -0.1) is 0 Å². The first-order valence-corrected chi connectivity index (χ1v) is 12.5. The molecule has 1 aromatic carbocycles. The molecule has 1 aromatic heterocycles. The molecule has 190 valence electrons. The number of aryl methyl sites for hydroxylation is 2. The number of hydrogen-bond acceptors (Lipinski definition) is 6. The highest BCUT2D eigenvalue weighted by atomic mass is 16.5. The molecular weight excluding hydrogens is 448 g/mol. The second kappa shape index (κ2) is 11.5. The van der Waals surface area contributed by atoms with Crippen molar-refractivity contribution in [1.82, 2.24) is 20.7 Å². The summed E-state index contributed by atoms with van der Waals surface area (Å²) in [6.07, 6.45) is 7.23. The third kappa shape index (κ3) is 6.26. The first-order chi connectivity index (χ1) is 16.9. The van der Waals surface area contributed by atoms with E-state index in [2.05, 4.69) is 15.8 Å². The number of nitrogens with zero attached hydrogens (tertiary/aromatic N) is 2. The fraction of sp³-hybridized carbons (Fsp3) is 0.577. The molecule has 35 heavy (non-hydrogen) atoms. The van der Waals surface area contributed by atoms with Crippen molar-refractivity contribution in [3.63, 3.8) is 0 Å². The van der Waals surface area contributed by atoms with Gasteiger partial charge in [-0.05, 0) is 57.7 Å². The molecular formula is C26H36N4O5. The van der Waals surface area contributed by atoms with E-state index in [-0.39, 0.29) is 24.0 Å². The molecule has 1 saturated carbocycles. The molecule has 2 aliphatic rings. The summed E-state index contributed by atoms with van der Waals surface area (Å²) in [4.78, 5) is 27.3. The van der Waals surface area contributed by atoms with Crippen molar-refractivity contribution in [3.05, 3.63) is 40.8 Å². The monoisotopic (exact) mass is 484 g/mol. The Kier molecular flexibility index (Phi) is 8.15. The van der Waals surface area contributed by atoms with Gasteiger partial charge in [0, 0.05) is 30.7 Å². The van der Waals surface area contributed by atoms with Crippen LogP contribution in [0.2, 0.25) is 0 Å². The lowest BCUT2D eigenvalue weighted by Crippen LogP contribution is -2.51. The smallest absolute Gasteiger partial charge is 0.315 e. The summed E-state index contributed by atoms with van der Waals surface area (Å²) in [6.45, 7) is 5.22. The first kappa shape index (κ1) is 24.9. The van der Waals surface area contributed by atoms with E-state index >= 15 is 0 Å². The van der Waals surface area contributed by atoms with Gasteiger partial charge in [0.25, 0.3) is 5.91 Å². The number of amides is 3. The Morgan fingerprint density at radius 2 is 1.71 bits per heavy atom. The zero-order chi connectivity index (χ0) is 24.8. The SMILES string of the molecule is COc1cc(C(=O)N2CCC(NC(=O)NC3CCCCC3)CC2)ccc1OCc1c(C)noc1C. The number of carbonyl (C=O) groups is 2. The van der Waals surface area contributed by atoms with E-state index < -0.39 is 0 Å². The van der Waals surface area contributed by atoms with Gasteiger partial charge in [-0.2, -0.15) is 0 Å². The average molecular weight is 485 g/mol. The number of piperidine rings is 1. The summed E-state index contributed by atoms with van der Waals surface area (Å²) in [6, 6.07) is 5.52. The molecule has 3 amide bonds. The molecule has 2 N–H and O–H groups in total. The zero-order valence-corrected chi connectivity index (χ0v) is 20.9. The predicted octanol–water partition coefficient (Wildman–Crippen LogP) is 4.12. The summed E-state index contributed by atoms with van der Waals surface area (Å²) in [5, 5.41) is 10.1. The third-order valence-corrected chi connectivity index (χ3v) is 7.02. The van der Waals surface area contributed by atoms with Crippen molar-refractivity contribution in [1.29, 1.82) is 0 Å². The highest BCUT2D eigenvalue weighted by Gasteiger charge is 2.26. The van der Waals surface area contributed by atoms with Crippen LogP contribution in [0.3, 0.4) is 0 Å². The fourth-order valence-electron chi connectivity index (χ4n) is 4.85. The normalized spacial score (nSPS) is 17.2. The predicted molar refractivity (Wildman–Crippen MR) is 131 cm³/mol. The largest absolute Gasteiger partial charge is 0.493 e. The molecule has 2 fully saturated rings. The lowest BCUT2D eigenvalue weighted by Gasteiger charge is -2.33. The molecule has 0 atom stereocenters. The van der Waals surface area contributed by atoms with E-state index in [9.17, 15) is 9.59 Å². The molecule has 2 heterocycles. The fourth-order valence-corrected chi connectivity index (χ4v) is 4.85. The van der Waals surface area contributed by atoms with E-state index in [0.717, 1.165) is 42.7 Å². The van der Waals surface area contributed by atoms with Gasteiger partial charge < -0.3 is 29.5 Å². The molecule has 9 nitrogen and oxygen atoms in total. The van der Waals surface area contributed by atoms with Crippen LogP contribution in [-0.2, 0) is 6.61 Å². The van der Waals surface area contributed by atoms with Gasteiger partial charge in [0.15, 0.2) is 11.5 Å². The number of ether oxygens (including phenoxy) is 2. The van der Waals surface area contributed by atoms with Crippen molar-refractivity contribution >= 4 is 11.9 Å². The zero-order valence-electron chi connectivity index (χ0n) is 20.9. The van der Waals surface area contributed by atoms with Crippen molar-refractivity contribution in [2.45, 2.75) is 77.5 Å². The van der Waals surface area contributed by atoms with Crippen LogP contribution in [0.15, 0.2) is 22.7 Å². The molecule has 9 heteroatoms. The summed E-state index contributed by atoms with van der Waals surface area (Å²) < 4.78 is 16.6. The number of urea groups is 1. The van der Waals surface area contributed by atoms with Crippen LogP contribution in [0.5, 0.6) is 11.5 Å². The van der Waals surface area contributed by atoms with E-state index in [1.807, 2.05) is 18.7 Å². The lowest BCUT2D eigenvalue weighted by molar-refractivity contribution is 0.0707. The summed E-state index contributed by atoms with van der Waals surface area (Å²) in [7, 11) is 1.56. The van der Waals surface area contributed by atoms with Crippen molar-refractivity contribution in [3.8, 4) is 11.5 Å². The first-order valence-electron chi connectivity index (χ1n) is 12.5. The van der Waals surface area contributed by atoms with Crippen LogP contribution in [0.1, 0.15) is 72.3 Å². The van der Waals surface area contributed by atoms with Crippen molar-refractivity contribution in [2.75, 3.05) is 20.2 Å². The summed E-state index contributed by atoms with van der Waals surface area (Å²) in [5.74, 6) is 1.72. The maximum Gasteiger partial charge on any atom is 0.315 e. The van der Waals surface area contributed by atoms with E-state index in [4.69, 9.17) is 14.0 Å². The minimum atomic E-state index is -0.0846. The van der Waals surface area contributed by atoms with Gasteiger partial charge in [0.05, 0.1) is 18.4 Å². The second-order valence-electron chi connectivity index (χ2n) is 9.48. The van der Waals surface area contributed by atoms with Crippen LogP contribution in [0, 0.1) is 13.8 Å². The number of rotatable bonds is 7. The standard InChI is InChI=1S/C26H36N4O5/c1-17-22(18(2)35-29-17)16-34-23-10-9-19(15-24(23)33-3)25(31)30-13-11-21(12-14-30)28-26(32)27-20-7-5-4-6-8-20/h9-10,15,20-21H,4-8,11-14,16H2,1-3H3,(H2,27,28,32). The van der Waals surface area contributed by atoms with Gasteiger partial charge in [-0.25, -0.2) is 4.79 Å². The molecule has 1 aliphatic heterocycles. The van der Waals surface area contributed by atoms with Crippen LogP contribution < -0.4 is 20.1 Å². The minimum absolute atomic E-state index is 0.0503. The average Bonchev–Trinajstić information content (AvgIpc) is 3.20. The van der Waals surface area contributed by atoms with Crippen LogP contribution in [-0.4, -0.2) is 54.3 Å². The molecule has 0 bridgehead atoms. The Bertz CT molecular complexity index is 1000. The number of carbonyl (C=O) groups excluding carboxylic acids is 2. The number of methoxy groups -OCH3 is 1. The number of benzene rings is 1. The van der Waals surface area contributed by atoms with Gasteiger partial charge in [-0.3, -0.25) is 4.79 Å². The minimum Gasteiger partial charge on any atom is -0.493 e. The number of aromatic nitrogens is 1. The molecule has 1 saturated heterocycles. The van der Waals surface area contributed by atoms with Crippen molar-refractivity contribution in [2.24, 2.45) is 0 Å². The van der Waals surface area contributed by atoms with Gasteiger partial charge in [0.1, 0.15) is 12.4 Å². The third-order valence-electron chi connectivity index (χ3n) is 7.02. The Labute approximate surface area is 206 Å². The molecule has 0 radical (unpaired) electrons.